The fourth-order valence-corrected chi connectivity index (χ4v) is 2.24. The molecular formula is C13H23N3O. The summed E-state index contributed by atoms with van der Waals surface area (Å²) < 4.78 is 0. The maximum Gasteiger partial charge on any atom is 0.237 e. The summed E-state index contributed by atoms with van der Waals surface area (Å²) in [6.45, 7) is 5.61. The summed E-state index contributed by atoms with van der Waals surface area (Å²) in [6.07, 6.45) is 5.17. The van der Waals surface area contributed by atoms with E-state index in [1.165, 1.54) is 0 Å². The number of unbranched alkanes of at least 4 members (excludes halogenated alkanes) is 1. The fraction of sp³-hybridized carbons (Fsp3) is 0.846. The molecule has 0 spiro atoms. The van der Waals surface area contributed by atoms with Crippen LogP contribution in [0.15, 0.2) is 0 Å². The Kier molecular flexibility index (Phi) is 5.99. The smallest absolute Gasteiger partial charge is 0.237 e. The number of hydrogen-bond acceptors (Lipinski definition) is 3. The molecule has 1 heterocycles. The largest absolute Gasteiger partial charge is 0.355 e. The predicted octanol–water partition coefficient (Wildman–Crippen LogP) is 1.67. The van der Waals surface area contributed by atoms with Crippen molar-refractivity contribution in [3.63, 3.8) is 0 Å². The van der Waals surface area contributed by atoms with Crippen molar-refractivity contribution in [1.29, 1.82) is 5.26 Å². The molecule has 1 aliphatic rings. The summed E-state index contributed by atoms with van der Waals surface area (Å²) in [7, 11) is 0. The molecule has 1 fully saturated rings. The van der Waals surface area contributed by atoms with E-state index in [4.69, 9.17) is 5.26 Å². The van der Waals surface area contributed by atoms with E-state index in [9.17, 15) is 4.79 Å². The van der Waals surface area contributed by atoms with Gasteiger partial charge in [-0.15, -0.1) is 0 Å². The van der Waals surface area contributed by atoms with Gasteiger partial charge in [-0.3, -0.25) is 9.69 Å². The molecule has 1 N–H and O–H groups in total. The zero-order valence-electron chi connectivity index (χ0n) is 10.9. The van der Waals surface area contributed by atoms with E-state index in [0.717, 1.165) is 45.2 Å². The predicted molar refractivity (Wildman–Crippen MR) is 67.3 cm³/mol. The maximum atomic E-state index is 11.9. The van der Waals surface area contributed by atoms with E-state index < -0.39 is 0 Å². The molecule has 0 aromatic carbocycles. The summed E-state index contributed by atoms with van der Waals surface area (Å²) in [6, 6.07) is 2.03. The van der Waals surface area contributed by atoms with Crippen LogP contribution in [0.3, 0.4) is 0 Å². The van der Waals surface area contributed by atoms with E-state index in [2.05, 4.69) is 18.3 Å². The molecule has 0 aliphatic carbocycles. The highest BCUT2D eigenvalue weighted by Crippen LogP contribution is 2.19. The highest BCUT2D eigenvalue weighted by atomic mass is 16.2. The van der Waals surface area contributed by atoms with Crippen LogP contribution in [-0.2, 0) is 4.79 Å². The van der Waals surface area contributed by atoms with E-state index >= 15 is 0 Å². The average Bonchev–Trinajstić information content (AvgIpc) is 2.38. The molecule has 0 aromatic rings. The lowest BCUT2D eigenvalue weighted by Gasteiger charge is -2.35. The van der Waals surface area contributed by atoms with Gasteiger partial charge in [-0.2, -0.15) is 5.26 Å². The summed E-state index contributed by atoms with van der Waals surface area (Å²) in [5.41, 5.74) is 0. The number of rotatable bonds is 5. The minimum atomic E-state index is -0.184. The van der Waals surface area contributed by atoms with Crippen LogP contribution in [0, 0.1) is 11.3 Å². The highest BCUT2D eigenvalue weighted by Gasteiger charge is 2.29. The van der Waals surface area contributed by atoms with Crippen molar-refractivity contribution in [2.24, 2.45) is 0 Å². The van der Waals surface area contributed by atoms with Gasteiger partial charge < -0.3 is 5.32 Å². The van der Waals surface area contributed by atoms with Gasteiger partial charge in [0.1, 0.15) is 0 Å². The van der Waals surface area contributed by atoms with Crippen LogP contribution in [0.25, 0.3) is 0 Å². The van der Waals surface area contributed by atoms with Crippen molar-refractivity contribution in [1.82, 2.24) is 10.2 Å². The summed E-state index contributed by atoms with van der Waals surface area (Å²) in [5, 5.41) is 12.0. The van der Waals surface area contributed by atoms with E-state index in [1.54, 1.807) is 0 Å². The maximum absolute atomic E-state index is 11.9. The lowest BCUT2D eigenvalue weighted by Crippen LogP contribution is -2.51. The second-order valence-corrected chi connectivity index (χ2v) is 4.70. The first-order chi connectivity index (χ1) is 8.20. The molecule has 0 saturated carbocycles. The van der Waals surface area contributed by atoms with Crippen LogP contribution in [0.1, 0.15) is 46.0 Å². The molecule has 0 radical (unpaired) electrons. The Morgan fingerprint density at radius 3 is 3.00 bits per heavy atom. The zero-order valence-corrected chi connectivity index (χ0v) is 10.9. The van der Waals surface area contributed by atoms with Gasteiger partial charge in [-0.1, -0.05) is 13.3 Å². The van der Waals surface area contributed by atoms with Crippen LogP contribution in [0.4, 0.5) is 0 Å². The molecule has 0 bridgehead atoms. The zero-order chi connectivity index (χ0) is 12.7. The number of amides is 1. The normalized spacial score (nSPS) is 22.8. The van der Waals surface area contributed by atoms with E-state index in [-0.39, 0.29) is 18.0 Å². The van der Waals surface area contributed by atoms with Gasteiger partial charge in [0.2, 0.25) is 5.91 Å². The van der Waals surface area contributed by atoms with Gasteiger partial charge in [0, 0.05) is 13.1 Å². The lowest BCUT2D eigenvalue weighted by atomic mass is 10.0. The number of carbonyl (C=O) groups excluding carboxylic acids is 1. The molecule has 1 rings (SSSR count). The molecule has 4 nitrogen and oxygen atoms in total. The third kappa shape index (κ3) is 4.01. The molecule has 1 saturated heterocycles. The van der Waals surface area contributed by atoms with Crippen LogP contribution < -0.4 is 5.32 Å². The molecule has 1 amide bonds. The Morgan fingerprint density at radius 2 is 2.35 bits per heavy atom. The third-order valence-electron chi connectivity index (χ3n) is 3.40. The topological polar surface area (TPSA) is 56.1 Å². The second-order valence-electron chi connectivity index (χ2n) is 4.70. The summed E-state index contributed by atoms with van der Waals surface area (Å²) in [5.74, 6) is 0.0561. The molecule has 17 heavy (non-hydrogen) atoms. The van der Waals surface area contributed by atoms with Crippen molar-refractivity contribution in [2.75, 3.05) is 13.1 Å². The van der Waals surface area contributed by atoms with Crippen molar-refractivity contribution >= 4 is 5.91 Å². The second kappa shape index (κ2) is 7.29. The Morgan fingerprint density at radius 1 is 1.59 bits per heavy atom. The van der Waals surface area contributed by atoms with Gasteiger partial charge in [-0.25, -0.2) is 0 Å². The lowest BCUT2D eigenvalue weighted by molar-refractivity contribution is -0.126. The van der Waals surface area contributed by atoms with Crippen molar-refractivity contribution in [3.8, 4) is 6.07 Å². The summed E-state index contributed by atoms with van der Waals surface area (Å²) in [4.78, 5) is 13.9. The number of carbonyl (C=O) groups is 1. The monoisotopic (exact) mass is 237 g/mol. The Bertz CT molecular complexity index is 285. The van der Waals surface area contributed by atoms with Crippen molar-refractivity contribution in [3.05, 3.63) is 0 Å². The van der Waals surface area contributed by atoms with Crippen molar-refractivity contribution in [2.45, 2.75) is 58.0 Å². The number of nitriles is 1. The Hall–Kier alpha value is -1.08. The quantitative estimate of drug-likeness (QED) is 0.740. The number of hydrogen-bond donors (Lipinski definition) is 1. The highest BCUT2D eigenvalue weighted by molar-refractivity contribution is 5.81. The Balaban J connectivity index is 2.46. The number of piperidine rings is 1. The first kappa shape index (κ1) is 14.0. The molecule has 1 aliphatic heterocycles. The van der Waals surface area contributed by atoms with Crippen LogP contribution in [-0.4, -0.2) is 36.0 Å². The van der Waals surface area contributed by atoms with E-state index in [1.807, 2.05) is 11.8 Å². The molecule has 96 valence electrons. The van der Waals surface area contributed by atoms with Gasteiger partial charge >= 0.3 is 0 Å². The van der Waals surface area contributed by atoms with Crippen LogP contribution in [0.2, 0.25) is 0 Å². The first-order valence-electron chi connectivity index (χ1n) is 6.63. The molecule has 2 atom stereocenters. The summed E-state index contributed by atoms with van der Waals surface area (Å²) >= 11 is 0. The SMILES string of the molecule is CCCCNC(=O)C(C)N1CCCCC1C#N. The van der Waals surface area contributed by atoms with E-state index in [0.29, 0.717) is 0 Å². The molecular weight excluding hydrogens is 214 g/mol. The number of nitrogens with zero attached hydrogens (tertiary/aromatic N) is 2. The number of likely N-dealkylation sites (tertiary alicyclic amines) is 1. The van der Waals surface area contributed by atoms with Gasteiger partial charge in [0.15, 0.2) is 0 Å². The minimum absolute atomic E-state index is 0.0561. The molecule has 4 heteroatoms. The molecule has 2 unspecified atom stereocenters. The van der Waals surface area contributed by atoms with Crippen LogP contribution in [0.5, 0.6) is 0 Å². The van der Waals surface area contributed by atoms with Gasteiger partial charge in [0.25, 0.3) is 0 Å². The van der Waals surface area contributed by atoms with Gasteiger partial charge in [-0.05, 0) is 32.6 Å². The number of nitrogens with one attached hydrogen (secondary N) is 1. The average molecular weight is 237 g/mol. The Labute approximate surface area is 104 Å². The van der Waals surface area contributed by atoms with Crippen molar-refractivity contribution < 1.29 is 4.79 Å². The minimum Gasteiger partial charge on any atom is -0.355 e. The fourth-order valence-electron chi connectivity index (χ4n) is 2.24. The molecule has 0 aromatic heterocycles. The van der Waals surface area contributed by atoms with Gasteiger partial charge in [0.05, 0.1) is 18.2 Å². The van der Waals surface area contributed by atoms with Crippen LogP contribution >= 0.6 is 0 Å². The third-order valence-corrected chi connectivity index (χ3v) is 3.40. The standard InChI is InChI=1S/C13H23N3O/c1-3-4-8-15-13(17)11(2)16-9-6-5-7-12(16)10-14/h11-12H,3-9H2,1-2H3,(H,15,17). The first-order valence-corrected chi connectivity index (χ1v) is 6.63.